The van der Waals surface area contributed by atoms with Crippen LogP contribution in [-0.4, -0.2) is 43.1 Å². The van der Waals surface area contributed by atoms with Crippen LogP contribution < -0.4 is 15.8 Å². The van der Waals surface area contributed by atoms with Crippen LogP contribution in [0, 0.1) is 0 Å². The van der Waals surface area contributed by atoms with Gasteiger partial charge >= 0.3 is 5.76 Å². The summed E-state index contributed by atoms with van der Waals surface area (Å²) in [6.45, 7) is 0.746. The lowest BCUT2D eigenvalue weighted by Crippen LogP contribution is -2.35. The van der Waals surface area contributed by atoms with Crippen molar-refractivity contribution in [2.75, 3.05) is 27.7 Å². The van der Waals surface area contributed by atoms with Gasteiger partial charge in [0.25, 0.3) is 0 Å². The quantitative estimate of drug-likeness (QED) is 0.646. The van der Waals surface area contributed by atoms with E-state index in [0.29, 0.717) is 17.6 Å². The van der Waals surface area contributed by atoms with E-state index in [9.17, 15) is 9.59 Å². The minimum Gasteiger partial charge on any atom is -0.497 e. The van der Waals surface area contributed by atoms with Crippen molar-refractivity contribution in [1.29, 1.82) is 0 Å². The third-order valence-electron chi connectivity index (χ3n) is 4.75. The van der Waals surface area contributed by atoms with Crippen LogP contribution in [0.1, 0.15) is 18.0 Å². The Kier molecular flexibility index (Phi) is 6.16. The Morgan fingerprint density at radius 1 is 1.18 bits per heavy atom. The molecule has 3 rings (SSSR count). The molecule has 0 saturated heterocycles. The minimum absolute atomic E-state index is 0.0346. The van der Waals surface area contributed by atoms with Gasteiger partial charge in [-0.05, 0) is 43.9 Å². The van der Waals surface area contributed by atoms with Crippen molar-refractivity contribution in [3.05, 3.63) is 64.6 Å². The molecule has 0 aliphatic carbocycles. The Hall–Kier alpha value is -3.06. The van der Waals surface area contributed by atoms with Crippen LogP contribution >= 0.6 is 0 Å². The highest BCUT2D eigenvalue weighted by molar-refractivity contribution is 5.76. The summed E-state index contributed by atoms with van der Waals surface area (Å²) in [6.07, 6.45) is 0.201. The third kappa shape index (κ3) is 4.43. The number of hydrogen-bond acceptors (Lipinski definition) is 5. The summed E-state index contributed by atoms with van der Waals surface area (Å²) in [7, 11) is 5.57. The zero-order valence-electron chi connectivity index (χ0n) is 16.3. The summed E-state index contributed by atoms with van der Waals surface area (Å²) in [6, 6.07) is 15.0. The van der Waals surface area contributed by atoms with Crippen LogP contribution in [0.3, 0.4) is 0 Å². The van der Waals surface area contributed by atoms with Crippen molar-refractivity contribution in [3.63, 3.8) is 0 Å². The van der Waals surface area contributed by atoms with Gasteiger partial charge in [-0.1, -0.05) is 24.3 Å². The van der Waals surface area contributed by atoms with E-state index in [2.05, 4.69) is 10.2 Å². The molecule has 7 nitrogen and oxygen atoms in total. The van der Waals surface area contributed by atoms with E-state index in [1.807, 2.05) is 56.6 Å². The molecular formula is C21H25N3O4. The van der Waals surface area contributed by atoms with E-state index in [-0.39, 0.29) is 24.9 Å². The first kappa shape index (κ1) is 19.7. The SMILES string of the molecule is COc1ccc(C(CNC(=O)CCn2c(=O)oc3ccccc32)N(C)C)cc1. The van der Waals surface area contributed by atoms with E-state index in [4.69, 9.17) is 9.15 Å². The highest BCUT2D eigenvalue weighted by Crippen LogP contribution is 2.20. The molecule has 0 saturated carbocycles. The molecule has 2 aromatic carbocycles. The summed E-state index contributed by atoms with van der Waals surface area (Å²) >= 11 is 0. The molecule has 0 bridgehead atoms. The molecule has 3 aromatic rings. The molecular weight excluding hydrogens is 358 g/mol. The number of nitrogens with one attached hydrogen (secondary N) is 1. The van der Waals surface area contributed by atoms with Crippen LogP contribution in [0.4, 0.5) is 0 Å². The fraction of sp³-hybridized carbons (Fsp3) is 0.333. The first-order chi connectivity index (χ1) is 13.5. The molecule has 148 valence electrons. The second kappa shape index (κ2) is 8.75. The number of nitrogens with zero attached hydrogens (tertiary/aromatic N) is 2. The van der Waals surface area contributed by atoms with Gasteiger partial charge in [0.1, 0.15) is 5.75 Å². The maximum absolute atomic E-state index is 12.3. The molecule has 1 amide bonds. The number of rotatable bonds is 8. The van der Waals surface area contributed by atoms with Crippen LogP contribution in [0.5, 0.6) is 5.75 Å². The number of para-hydroxylation sites is 2. The highest BCUT2D eigenvalue weighted by Gasteiger charge is 2.16. The largest absolute Gasteiger partial charge is 0.497 e. The number of aromatic nitrogens is 1. The topological polar surface area (TPSA) is 76.7 Å². The standard InChI is InChI=1S/C21H25N3O4/c1-23(2)18(15-8-10-16(27-3)11-9-15)14-22-20(25)12-13-24-17-6-4-5-7-19(17)28-21(24)26/h4-11,18H,12-14H2,1-3H3,(H,22,25). The molecule has 1 aromatic heterocycles. The number of likely N-dealkylation sites (N-methyl/N-ethyl adjacent to an activating group) is 1. The lowest BCUT2D eigenvalue weighted by atomic mass is 10.1. The summed E-state index contributed by atoms with van der Waals surface area (Å²) in [5.41, 5.74) is 2.31. The van der Waals surface area contributed by atoms with E-state index in [1.165, 1.54) is 4.57 Å². The van der Waals surface area contributed by atoms with E-state index < -0.39 is 5.76 Å². The molecule has 28 heavy (non-hydrogen) atoms. The smallest absolute Gasteiger partial charge is 0.419 e. The van der Waals surface area contributed by atoms with E-state index in [0.717, 1.165) is 11.3 Å². The number of hydrogen-bond donors (Lipinski definition) is 1. The Balaban J connectivity index is 1.60. The molecule has 7 heteroatoms. The average Bonchev–Trinajstić information content (AvgIpc) is 3.01. The van der Waals surface area contributed by atoms with Gasteiger partial charge in [-0.2, -0.15) is 0 Å². The number of methoxy groups -OCH3 is 1. The van der Waals surface area contributed by atoms with Crippen molar-refractivity contribution in [2.45, 2.75) is 19.0 Å². The number of carbonyl (C=O) groups excluding carboxylic acids is 1. The second-order valence-electron chi connectivity index (χ2n) is 6.79. The number of ether oxygens (including phenoxy) is 1. The Morgan fingerprint density at radius 3 is 2.57 bits per heavy atom. The number of fused-ring (bicyclic) bond motifs is 1. The zero-order chi connectivity index (χ0) is 20.1. The van der Waals surface area contributed by atoms with Gasteiger partial charge in [-0.25, -0.2) is 4.79 Å². The molecule has 0 fully saturated rings. The molecule has 1 atom stereocenters. The molecule has 1 heterocycles. The van der Waals surface area contributed by atoms with Gasteiger partial charge in [0.15, 0.2) is 5.58 Å². The van der Waals surface area contributed by atoms with Gasteiger partial charge in [-0.15, -0.1) is 0 Å². The maximum atomic E-state index is 12.3. The second-order valence-corrected chi connectivity index (χ2v) is 6.79. The van der Waals surface area contributed by atoms with Gasteiger partial charge < -0.3 is 19.4 Å². The summed E-state index contributed by atoms with van der Waals surface area (Å²) in [5, 5.41) is 2.96. The zero-order valence-corrected chi connectivity index (χ0v) is 16.3. The van der Waals surface area contributed by atoms with Crippen molar-refractivity contribution in [1.82, 2.24) is 14.8 Å². The van der Waals surface area contributed by atoms with Crippen molar-refractivity contribution < 1.29 is 13.9 Å². The summed E-state index contributed by atoms with van der Waals surface area (Å²) in [5.74, 6) is 0.235. The lowest BCUT2D eigenvalue weighted by molar-refractivity contribution is -0.121. The fourth-order valence-electron chi connectivity index (χ4n) is 3.16. The summed E-state index contributed by atoms with van der Waals surface area (Å²) < 4.78 is 11.9. The van der Waals surface area contributed by atoms with Crippen LogP contribution in [0.2, 0.25) is 0 Å². The van der Waals surface area contributed by atoms with E-state index in [1.54, 1.807) is 13.2 Å². The average molecular weight is 383 g/mol. The number of oxazole rings is 1. The number of carbonyl (C=O) groups is 1. The third-order valence-corrected chi connectivity index (χ3v) is 4.75. The van der Waals surface area contributed by atoms with Gasteiger partial charge in [0, 0.05) is 19.5 Å². The Morgan fingerprint density at radius 2 is 1.89 bits per heavy atom. The fourth-order valence-corrected chi connectivity index (χ4v) is 3.16. The minimum atomic E-state index is -0.446. The van der Waals surface area contributed by atoms with Crippen LogP contribution in [0.15, 0.2) is 57.7 Å². The van der Waals surface area contributed by atoms with Crippen molar-refractivity contribution in [3.8, 4) is 5.75 Å². The van der Waals surface area contributed by atoms with Crippen molar-refractivity contribution >= 4 is 17.0 Å². The van der Waals surface area contributed by atoms with Gasteiger partial charge in [0.2, 0.25) is 5.91 Å². The molecule has 0 aliphatic rings. The Labute approximate surface area is 163 Å². The van der Waals surface area contributed by atoms with Gasteiger partial charge in [0.05, 0.1) is 18.7 Å². The predicted molar refractivity (Wildman–Crippen MR) is 108 cm³/mol. The molecule has 0 spiro atoms. The first-order valence-corrected chi connectivity index (χ1v) is 9.15. The molecule has 1 unspecified atom stereocenters. The van der Waals surface area contributed by atoms with Crippen LogP contribution in [0.25, 0.3) is 11.1 Å². The molecule has 1 N–H and O–H groups in total. The summed E-state index contributed by atoms with van der Waals surface area (Å²) in [4.78, 5) is 26.4. The van der Waals surface area contributed by atoms with Crippen LogP contribution in [-0.2, 0) is 11.3 Å². The first-order valence-electron chi connectivity index (χ1n) is 9.15. The number of amides is 1. The van der Waals surface area contributed by atoms with Crippen molar-refractivity contribution in [2.24, 2.45) is 0 Å². The predicted octanol–water partition coefficient (Wildman–Crippen LogP) is 2.41. The Bertz CT molecular complexity index is 989. The lowest BCUT2D eigenvalue weighted by Gasteiger charge is -2.25. The highest BCUT2D eigenvalue weighted by atomic mass is 16.5. The van der Waals surface area contributed by atoms with E-state index >= 15 is 0 Å². The molecule has 0 aliphatic heterocycles. The maximum Gasteiger partial charge on any atom is 0.419 e. The normalized spacial score (nSPS) is 12.3. The molecule has 0 radical (unpaired) electrons. The monoisotopic (exact) mass is 383 g/mol. The number of aryl methyl sites for hydroxylation is 1. The number of benzene rings is 2. The van der Waals surface area contributed by atoms with Gasteiger partial charge in [-0.3, -0.25) is 9.36 Å².